The second-order valence-electron chi connectivity index (χ2n) is 7.64. The van der Waals surface area contributed by atoms with Crippen molar-refractivity contribution < 1.29 is 4.43 Å². The predicted octanol–water partition coefficient (Wildman–Crippen LogP) is 5.44. The molecular formula is C14H34OSi2. The quantitative estimate of drug-likeness (QED) is 0.606. The lowest BCUT2D eigenvalue weighted by atomic mass is 10.2. The van der Waals surface area contributed by atoms with Gasteiger partial charge in [0.05, 0.1) is 8.07 Å². The van der Waals surface area contributed by atoms with Gasteiger partial charge in [-0.05, 0) is 30.6 Å². The van der Waals surface area contributed by atoms with Crippen LogP contribution in [0.4, 0.5) is 0 Å². The van der Waals surface area contributed by atoms with Gasteiger partial charge < -0.3 is 4.43 Å². The van der Waals surface area contributed by atoms with E-state index in [2.05, 4.69) is 67.7 Å². The Morgan fingerprint density at radius 3 is 1.71 bits per heavy atom. The summed E-state index contributed by atoms with van der Waals surface area (Å²) >= 11 is 0. The van der Waals surface area contributed by atoms with Crippen molar-refractivity contribution in [2.45, 2.75) is 90.5 Å². The van der Waals surface area contributed by atoms with E-state index in [1.54, 1.807) is 0 Å². The molecule has 0 radical (unpaired) electrons. The van der Waals surface area contributed by atoms with Crippen LogP contribution in [0.5, 0.6) is 0 Å². The van der Waals surface area contributed by atoms with Gasteiger partial charge in [0, 0.05) is 5.73 Å². The molecule has 0 fully saturated rings. The molecule has 0 aromatic heterocycles. The molecule has 0 spiro atoms. The Kier molecular flexibility index (Phi) is 5.71. The summed E-state index contributed by atoms with van der Waals surface area (Å²) in [6, 6.07) is 0. The zero-order valence-corrected chi connectivity index (χ0v) is 15.8. The van der Waals surface area contributed by atoms with Crippen molar-refractivity contribution in [1.29, 1.82) is 0 Å². The van der Waals surface area contributed by atoms with E-state index in [1.165, 1.54) is 6.42 Å². The van der Waals surface area contributed by atoms with Gasteiger partial charge in [-0.2, -0.15) is 0 Å². The lowest BCUT2D eigenvalue weighted by molar-refractivity contribution is 0.264. The SMILES string of the molecule is CC[C@@H](C)[Si](C)(C)OC(C)[Si](C)(C)C(C)(C)C. The summed E-state index contributed by atoms with van der Waals surface area (Å²) in [7, 11) is -2.89. The fraction of sp³-hybridized carbons (Fsp3) is 1.00. The van der Waals surface area contributed by atoms with Gasteiger partial charge in [-0.15, -0.1) is 0 Å². The molecule has 104 valence electrons. The van der Waals surface area contributed by atoms with E-state index in [9.17, 15) is 0 Å². The monoisotopic (exact) mass is 274 g/mol. The third kappa shape index (κ3) is 4.21. The van der Waals surface area contributed by atoms with E-state index in [4.69, 9.17) is 4.43 Å². The third-order valence-corrected chi connectivity index (χ3v) is 15.2. The van der Waals surface area contributed by atoms with Crippen LogP contribution < -0.4 is 0 Å². The van der Waals surface area contributed by atoms with Crippen LogP contribution in [0.3, 0.4) is 0 Å². The fourth-order valence-corrected chi connectivity index (χ4v) is 7.26. The fourth-order valence-electron chi connectivity index (χ4n) is 1.82. The summed E-state index contributed by atoms with van der Waals surface area (Å²) in [4.78, 5) is 0. The maximum Gasteiger partial charge on any atom is 0.189 e. The molecule has 0 heterocycles. The molecule has 1 unspecified atom stereocenters. The second kappa shape index (κ2) is 5.58. The molecule has 17 heavy (non-hydrogen) atoms. The maximum absolute atomic E-state index is 6.58. The van der Waals surface area contributed by atoms with Gasteiger partial charge in [-0.3, -0.25) is 0 Å². The largest absolute Gasteiger partial charge is 0.417 e. The summed E-state index contributed by atoms with van der Waals surface area (Å²) in [6.07, 6.45) is 1.24. The lowest BCUT2D eigenvalue weighted by Crippen LogP contribution is -2.53. The van der Waals surface area contributed by atoms with Crippen LogP contribution in [-0.2, 0) is 4.43 Å². The smallest absolute Gasteiger partial charge is 0.189 e. The van der Waals surface area contributed by atoms with Gasteiger partial charge in [-0.1, -0.05) is 54.1 Å². The molecule has 0 amide bonds. The molecule has 0 aliphatic heterocycles. The average Bonchev–Trinajstić information content (AvgIpc) is 2.13. The van der Waals surface area contributed by atoms with E-state index < -0.39 is 16.4 Å². The molecule has 3 heteroatoms. The summed E-state index contributed by atoms with van der Waals surface area (Å²) in [6.45, 7) is 23.8. The van der Waals surface area contributed by atoms with Gasteiger partial charge in [-0.25, -0.2) is 0 Å². The zero-order chi connectivity index (χ0) is 14.1. The molecule has 2 atom stereocenters. The topological polar surface area (TPSA) is 9.23 Å². The molecule has 0 saturated carbocycles. The Balaban J connectivity index is 4.81. The van der Waals surface area contributed by atoms with E-state index in [1.807, 2.05) is 0 Å². The number of hydrogen-bond donors (Lipinski definition) is 0. The van der Waals surface area contributed by atoms with Crippen LogP contribution in [0.25, 0.3) is 0 Å². The molecule has 0 N–H and O–H groups in total. The highest BCUT2D eigenvalue weighted by Crippen LogP contribution is 2.40. The zero-order valence-electron chi connectivity index (χ0n) is 13.8. The molecule has 0 aliphatic carbocycles. The Bertz CT molecular complexity index is 241. The molecule has 0 aliphatic rings. The summed E-state index contributed by atoms with van der Waals surface area (Å²) in [5.74, 6) is 0. The molecule has 1 nitrogen and oxygen atoms in total. The van der Waals surface area contributed by atoms with Crippen LogP contribution >= 0.6 is 0 Å². The van der Waals surface area contributed by atoms with E-state index >= 15 is 0 Å². The Morgan fingerprint density at radius 2 is 1.41 bits per heavy atom. The highest BCUT2D eigenvalue weighted by molar-refractivity contribution is 6.82. The second-order valence-corrected chi connectivity index (χ2v) is 17.8. The first kappa shape index (κ1) is 17.4. The van der Waals surface area contributed by atoms with Crippen LogP contribution in [0.1, 0.15) is 48.0 Å². The van der Waals surface area contributed by atoms with Gasteiger partial charge in [0.25, 0.3) is 0 Å². The molecule has 0 bridgehead atoms. The Hall–Kier alpha value is 0.394. The Morgan fingerprint density at radius 1 is 1.00 bits per heavy atom. The van der Waals surface area contributed by atoms with Gasteiger partial charge in [0.2, 0.25) is 0 Å². The minimum absolute atomic E-state index is 0.409. The first-order valence-electron chi connectivity index (χ1n) is 7.04. The van der Waals surface area contributed by atoms with Crippen LogP contribution in [0.2, 0.25) is 36.8 Å². The normalized spacial score (nSPS) is 18.0. The van der Waals surface area contributed by atoms with Gasteiger partial charge >= 0.3 is 0 Å². The number of hydrogen-bond acceptors (Lipinski definition) is 1. The molecular weight excluding hydrogens is 240 g/mol. The first-order valence-corrected chi connectivity index (χ1v) is 13.1. The van der Waals surface area contributed by atoms with Crippen molar-refractivity contribution >= 4 is 16.4 Å². The minimum atomic E-state index is -1.52. The van der Waals surface area contributed by atoms with E-state index in [0.717, 1.165) is 5.54 Å². The predicted molar refractivity (Wildman–Crippen MR) is 84.9 cm³/mol. The Labute approximate surface area is 111 Å². The lowest BCUT2D eigenvalue weighted by Gasteiger charge is -2.45. The van der Waals surface area contributed by atoms with Gasteiger partial charge in [0.1, 0.15) is 0 Å². The summed E-state index contributed by atoms with van der Waals surface area (Å²) in [5.41, 5.74) is 1.20. The van der Waals surface area contributed by atoms with Crippen molar-refractivity contribution in [3.63, 3.8) is 0 Å². The van der Waals surface area contributed by atoms with Crippen molar-refractivity contribution in [3.8, 4) is 0 Å². The highest BCUT2D eigenvalue weighted by atomic mass is 28.4. The first-order chi connectivity index (χ1) is 7.36. The van der Waals surface area contributed by atoms with Crippen molar-refractivity contribution in [1.82, 2.24) is 0 Å². The van der Waals surface area contributed by atoms with Crippen molar-refractivity contribution in [2.75, 3.05) is 0 Å². The van der Waals surface area contributed by atoms with Crippen LogP contribution in [0, 0.1) is 0 Å². The third-order valence-electron chi connectivity index (χ3n) is 5.23. The van der Waals surface area contributed by atoms with Crippen LogP contribution in [0.15, 0.2) is 0 Å². The van der Waals surface area contributed by atoms with E-state index in [0.29, 0.717) is 10.8 Å². The number of rotatable bonds is 5. The minimum Gasteiger partial charge on any atom is -0.417 e. The van der Waals surface area contributed by atoms with Crippen molar-refractivity contribution in [3.05, 3.63) is 0 Å². The maximum atomic E-state index is 6.58. The summed E-state index contributed by atoms with van der Waals surface area (Å²) < 4.78 is 6.58. The van der Waals surface area contributed by atoms with E-state index in [-0.39, 0.29) is 0 Å². The average molecular weight is 275 g/mol. The van der Waals surface area contributed by atoms with Crippen molar-refractivity contribution in [2.24, 2.45) is 0 Å². The molecule has 0 aromatic carbocycles. The highest BCUT2D eigenvalue weighted by Gasteiger charge is 2.43. The summed E-state index contributed by atoms with van der Waals surface area (Å²) in [5, 5.41) is 0.409. The van der Waals surface area contributed by atoms with Gasteiger partial charge in [0.15, 0.2) is 8.32 Å². The molecule has 0 saturated heterocycles. The standard InChI is InChI=1S/C14H34OSi2/c1-11-12(2)17(9,10)15-13(3)16(7,8)14(4,5)6/h12-13H,11H2,1-10H3/t12-,13?/m1/s1. The van der Waals surface area contributed by atoms with Crippen LogP contribution in [-0.4, -0.2) is 22.1 Å². The molecule has 0 rings (SSSR count). The molecule has 0 aromatic rings.